The topological polar surface area (TPSA) is 55.7 Å². The summed E-state index contributed by atoms with van der Waals surface area (Å²) in [7, 11) is -3.42. The van der Waals surface area contributed by atoms with Gasteiger partial charge in [0.05, 0.1) is 17.2 Å². The summed E-state index contributed by atoms with van der Waals surface area (Å²) in [4.78, 5) is 3.86. The monoisotopic (exact) mass is 301 g/mol. The van der Waals surface area contributed by atoms with Crippen LogP contribution in [0.5, 0.6) is 0 Å². The first kappa shape index (κ1) is 12.2. The van der Waals surface area contributed by atoms with E-state index < -0.39 is 14.4 Å². The van der Waals surface area contributed by atoms with E-state index >= 15 is 0 Å². The Morgan fingerprint density at radius 3 is 2.86 bits per heavy atom. The lowest BCUT2D eigenvalue weighted by molar-refractivity contribution is 0.308. The first-order valence-corrected chi connectivity index (χ1v) is 6.74. The molecule has 0 N–H and O–H groups in total. The number of alkyl halides is 1. The molecule has 1 aliphatic rings. The van der Waals surface area contributed by atoms with E-state index in [1.54, 1.807) is 12.3 Å². The summed E-state index contributed by atoms with van der Waals surface area (Å²) in [6.07, 6.45) is 4.79. The minimum Gasteiger partial charge on any atom is -0.268 e. The third-order valence-electron chi connectivity index (χ3n) is 1.54. The number of hydrogen-bond donors (Lipinski definition) is 0. The molecule has 1 rings (SSSR count). The van der Waals surface area contributed by atoms with Crippen molar-refractivity contribution in [2.24, 2.45) is 4.99 Å². The molecule has 0 aromatic heterocycles. The van der Waals surface area contributed by atoms with Gasteiger partial charge in [-0.25, -0.2) is 4.99 Å². The molecule has 80 valence electrons. The molecule has 0 amide bonds. The SMILES string of the molecule is CS(=O)(=O)OCC1(Br)C=NC(Cl)=CC1. The maximum absolute atomic E-state index is 10.8. The van der Waals surface area contributed by atoms with Crippen molar-refractivity contribution >= 4 is 43.9 Å². The number of allylic oxidation sites excluding steroid dienone is 1. The van der Waals surface area contributed by atoms with Crippen LogP contribution in [-0.2, 0) is 14.3 Å². The Kier molecular flexibility index (Phi) is 3.74. The zero-order chi connectivity index (χ0) is 10.8. The van der Waals surface area contributed by atoms with Gasteiger partial charge in [0.25, 0.3) is 10.1 Å². The van der Waals surface area contributed by atoms with Crippen LogP contribution in [0.3, 0.4) is 0 Å². The Hall–Kier alpha value is 0.0900. The second-order valence-electron chi connectivity index (χ2n) is 2.99. The summed E-state index contributed by atoms with van der Waals surface area (Å²) in [6, 6.07) is 0. The largest absolute Gasteiger partial charge is 0.268 e. The molecule has 1 atom stereocenters. The van der Waals surface area contributed by atoms with Gasteiger partial charge in [0.15, 0.2) is 0 Å². The van der Waals surface area contributed by atoms with Gasteiger partial charge in [0.2, 0.25) is 0 Å². The van der Waals surface area contributed by atoms with Crippen molar-refractivity contribution in [3.63, 3.8) is 0 Å². The first-order chi connectivity index (χ1) is 6.31. The summed E-state index contributed by atoms with van der Waals surface area (Å²) < 4.78 is 25.6. The van der Waals surface area contributed by atoms with Gasteiger partial charge < -0.3 is 0 Å². The molecule has 0 saturated carbocycles. The Balaban J connectivity index is 2.58. The summed E-state index contributed by atoms with van der Waals surface area (Å²) >= 11 is 8.95. The smallest absolute Gasteiger partial charge is 0.264 e. The third-order valence-corrected chi connectivity index (χ3v) is 3.10. The number of hydrogen-bond acceptors (Lipinski definition) is 4. The lowest BCUT2D eigenvalue weighted by Gasteiger charge is -2.22. The van der Waals surface area contributed by atoms with Crippen LogP contribution in [0.15, 0.2) is 16.2 Å². The molecule has 0 aliphatic carbocycles. The predicted octanol–water partition coefficient (Wildman–Crippen LogP) is 1.65. The number of nitrogens with zero attached hydrogens (tertiary/aromatic N) is 1. The molecule has 1 unspecified atom stereocenters. The molecular formula is C7H9BrClNO3S. The van der Waals surface area contributed by atoms with E-state index in [0.29, 0.717) is 11.6 Å². The Bertz CT molecular complexity index is 378. The maximum Gasteiger partial charge on any atom is 0.264 e. The quantitative estimate of drug-likeness (QED) is 0.452. The van der Waals surface area contributed by atoms with Crippen molar-refractivity contribution in [3.05, 3.63) is 11.2 Å². The van der Waals surface area contributed by atoms with Crippen LogP contribution in [0.2, 0.25) is 0 Å². The van der Waals surface area contributed by atoms with E-state index in [1.807, 2.05) is 0 Å². The van der Waals surface area contributed by atoms with E-state index in [0.717, 1.165) is 6.26 Å². The minimum atomic E-state index is -3.42. The zero-order valence-electron chi connectivity index (χ0n) is 7.41. The predicted molar refractivity (Wildman–Crippen MR) is 59.5 cm³/mol. The highest BCUT2D eigenvalue weighted by molar-refractivity contribution is 9.10. The summed E-state index contributed by atoms with van der Waals surface area (Å²) in [5.74, 6) is 0. The van der Waals surface area contributed by atoms with Crippen molar-refractivity contribution < 1.29 is 12.6 Å². The number of rotatable bonds is 3. The van der Waals surface area contributed by atoms with Crippen molar-refractivity contribution in [1.82, 2.24) is 0 Å². The highest BCUT2D eigenvalue weighted by Gasteiger charge is 2.28. The van der Waals surface area contributed by atoms with Crippen LogP contribution < -0.4 is 0 Å². The molecular weight excluding hydrogens is 294 g/mol. The maximum atomic E-state index is 10.8. The van der Waals surface area contributed by atoms with E-state index in [1.165, 1.54) is 0 Å². The average molecular weight is 303 g/mol. The molecule has 0 aromatic rings. The van der Waals surface area contributed by atoms with E-state index in [-0.39, 0.29) is 6.61 Å². The normalized spacial score (nSPS) is 27.5. The van der Waals surface area contributed by atoms with E-state index in [9.17, 15) is 8.42 Å². The molecule has 1 aliphatic heterocycles. The molecule has 4 nitrogen and oxygen atoms in total. The molecule has 1 heterocycles. The molecule has 0 radical (unpaired) electrons. The van der Waals surface area contributed by atoms with Crippen molar-refractivity contribution in [2.75, 3.05) is 12.9 Å². The molecule has 0 saturated heterocycles. The van der Waals surface area contributed by atoms with E-state index in [4.69, 9.17) is 11.6 Å². The van der Waals surface area contributed by atoms with Crippen molar-refractivity contribution in [2.45, 2.75) is 10.7 Å². The fourth-order valence-electron chi connectivity index (χ4n) is 0.838. The van der Waals surface area contributed by atoms with Gasteiger partial charge in [-0.2, -0.15) is 8.42 Å². The second-order valence-corrected chi connectivity index (χ2v) is 6.60. The van der Waals surface area contributed by atoms with Crippen molar-refractivity contribution in [3.8, 4) is 0 Å². The molecule has 0 aromatic carbocycles. The summed E-state index contributed by atoms with van der Waals surface area (Å²) in [5, 5.41) is 0.402. The average Bonchev–Trinajstić information content (AvgIpc) is 2.07. The molecule has 0 spiro atoms. The van der Waals surface area contributed by atoms with Crippen LogP contribution in [0.4, 0.5) is 0 Å². The lowest BCUT2D eigenvalue weighted by atomic mass is 10.1. The van der Waals surface area contributed by atoms with E-state index in [2.05, 4.69) is 25.1 Å². The van der Waals surface area contributed by atoms with Gasteiger partial charge in [-0.15, -0.1) is 0 Å². The van der Waals surface area contributed by atoms with Crippen LogP contribution in [0, 0.1) is 0 Å². The van der Waals surface area contributed by atoms with Gasteiger partial charge in [0, 0.05) is 6.21 Å². The van der Waals surface area contributed by atoms with Crippen molar-refractivity contribution in [1.29, 1.82) is 0 Å². The molecule has 0 fully saturated rings. The van der Waals surface area contributed by atoms with Gasteiger partial charge in [-0.1, -0.05) is 27.5 Å². The van der Waals surface area contributed by atoms with Crippen LogP contribution >= 0.6 is 27.5 Å². The Morgan fingerprint density at radius 2 is 2.43 bits per heavy atom. The zero-order valence-corrected chi connectivity index (χ0v) is 10.6. The Labute approximate surface area is 96.2 Å². The van der Waals surface area contributed by atoms with Gasteiger partial charge in [-0.05, 0) is 12.5 Å². The number of aliphatic imine (C=N–C) groups is 1. The highest BCUT2D eigenvalue weighted by atomic mass is 79.9. The van der Waals surface area contributed by atoms with Crippen LogP contribution in [-0.4, -0.2) is 31.8 Å². The fourth-order valence-corrected chi connectivity index (χ4v) is 1.92. The summed E-state index contributed by atoms with van der Waals surface area (Å²) in [6.45, 7) is 0.00992. The lowest BCUT2D eigenvalue weighted by Crippen LogP contribution is -2.31. The van der Waals surface area contributed by atoms with Gasteiger partial charge in [0.1, 0.15) is 5.16 Å². The second kappa shape index (κ2) is 4.30. The van der Waals surface area contributed by atoms with Crippen LogP contribution in [0.1, 0.15) is 6.42 Å². The standard InChI is InChI=1S/C7H9BrClNO3S/c1-14(11,12)13-5-7(8)3-2-6(9)10-4-7/h2,4H,3,5H2,1H3. The first-order valence-electron chi connectivity index (χ1n) is 3.75. The van der Waals surface area contributed by atoms with Gasteiger partial charge >= 0.3 is 0 Å². The Morgan fingerprint density at radius 1 is 1.79 bits per heavy atom. The van der Waals surface area contributed by atoms with Crippen LogP contribution in [0.25, 0.3) is 0 Å². The fraction of sp³-hybridized carbons (Fsp3) is 0.571. The molecule has 0 bridgehead atoms. The van der Waals surface area contributed by atoms with Gasteiger partial charge in [-0.3, -0.25) is 4.18 Å². The number of halogens is 2. The molecule has 7 heteroatoms. The highest BCUT2D eigenvalue weighted by Crippen LogP contribution is 2.27. The third kappa shape index (κ3) is 4.08. The summed E-state index contributed by atoms with van der Waals surface area (Å²) in [5.41, 5.74) is 0. The molecule has 14 heavy (non-hydrogen) atoms. The minimum absolute atomic E-state index is 0.00992.